The number of fused-ring (bicyclic) bond motifs is 4. The van der Waals surface area contributed by atoms with Crippen LogP contribution in [0.2, 0.25) is 0 Å². The summed E-state index contributed by atoms with van der Waals surface area (Å²) in [4.78, 5) is 11.3. The van der Waals surface area contributed by atoms with E-state index in [4.69, 9.17) is 14.2 Å². The zero-order valence-electron chi connectivity index (χ0n) is 13.9. The van der Waals surface area contributed by atoms with Gasteiger partial charge in [-0.2, -0.15) is 0 Å². The van der Waals surface area contributed by atoms with Crippen molar-refractivity contribution in [3.05, 3.63) is 35.0 Å². The standard InChI is InChI=1S/C19H18N2O3S/c1-11-2-4-13-16(8-11)25-19-17(13)18(20-10-21-19)24-12-3-5-14-15(9-12)23-7-6-22-14/h3,5,9-11H,2,4,6-8H2,1H3. The van der Waals surface area contributed by atoms with Crippen molar-refractivity contribution in [3.63, 3.8) is 0 Å². The van der Waals surface area contributed by atoms with Gasteiger partial charge >= 0.3 is 0 Å². The van der Waals surface area contributed by atoms with Crippen molar-refractivity contribution in [3.8, 4) is 23.1 Å². The van der Waals surface area contributed by atoms with E-state index in [0.29, 0.717) is 24.8 Å². The molecule has 1 unspecified atom stereocenters. The van der Waals surface area contributed by atoms with E-state index in [9.17, 15) is 0 Å². The number of benzene rings is 1. The summed E-state index contributed by atoms with van der Waals surface area (Å²) in [5.41, 5.74) is 1.37. The molecule has 0 amide bonds. The summed E-state index contributed by atoms with van der Waals surface area (Å²) in [6, 6.07) is 5.64. The lowest BCUT2D eigenvalue weighted by atomic mass is 9.89. The lowest BCUT2D eigenvalue weighted by Gasteiger charge is -2.19. The smallest absolute Gasteiger partial charge is 0.231 e. The van der Waals surface area contributed by atoms with Gasteiger partial charge in [0.2, 0.25) is 5.88 Å². The molecule has 0 N–H and O–H groups in total. The third kappa shape index (κ3) is 2.61. The average Bonchev–Trinajstić information content (AvgIpc) is 3.00. The van der Waals surface area contributed by atoms with Crippen molar-refractivity contribution in [2.75, 3.05) is 13.2 Å². The predicted molar refractivity (Wildman–Crippen MR) is 96.1 cm³/mol. The van der Waals surface area contributed by atoms with E-state index in [1.54, 1.807) is 17.7 Å². The fraction of sp³-hybridized carbons (Fsp3) is 0.368. The molecular formula is C19H18N2O3S. The monoisotopic (exact) mass is 354 g/mol. The van der Waals surface area contributed by atoms with Gasteiger partial charge in [0, 0.05) is 10.9 Å². The van der Waals surface area contributed by atoms with Gasteiger partial charge in [0.25, 0.3) is 0 Å². The molecule has 0 spiro atoms. The Morgan fingerprint density at radius 2 is 2.04 bits per heavy atom. The summed E-state index contributed by atoms with van der Waals surface area (Å²) in [5, 5.41) is 1.07. The molecule has 0 saturated heterocycles. The predicted octanol–water partition coefficient (Wildman–Crippen LogP) is 4.38. The SMILES string of the molecule is CC1CCc2c(sc3ncnc(Oc4ccc5c(c4)OCCO5)c23)C1. The van der Waals surface area contributed by atoms with Crippen LogP contribution in [-0.2, 0) is 12.8 Å². The molecule has 3 heterocycles. The number of hydrogen-bond donors (Lipinski definition) is 0. The zero-order chi connectivity index (χ0) is 16.8. The van der Waals surface area contributed by atoms with Crippen LogP contribution in [0.3, 0.4) is 0 Å². The number of nitrogens with zero attached hydrogens (tertiary/aromatic N) is 2. The molecule has 3 aromatic rings. The Labute approximate surface area is 149 Å². The van der Waals surface area contributed by atoms with Gasteiger partial charge in [-0.05, 0) is 42.9 Å². The van der Waals surface area contributed by atoms with Crippen LogP contribution in [0.25, 0.3) is 10.2 Å². The summed E-state index contributed by atoms with van der Waals surface area (Å²) in [5.74, 6) is 3.54. The van der Waals surface area contributed by atoms with Crippen LogP contribution < -0.4 is 14.2 Å². The Morgan fingerprint density at radius 1 is 1.16 bits per heavy atom. The second kappa shape index (κ2) is 5.88. The van der Waals surface area contributed by atoms with E-state index < -0.39 is 0 Å². The lowest BCUT2D eigenvalue weighted by molar-refractivity contribution is 0.171. The first-order valence-corrected chi connectivity index (χ1v) is 9.42. The normalized spacial score (nSPS) is 18.8. The summed E-state index contributed by atoms with van der Waals surface area (Å²) < 4.78 is 17.3. The Balaban J connectivity index is 1.55. The van der Waals surface area contributed by atoms with Crippen molar-refractivity contribution in [1.82, 2.24) is 9.97 Å². The first-order chi connectivity index (χ1) is 12.3. The topological polar surface area (TPSA) is 53.5 Å². The van der Waals surface area contributed by atoms with Crippen molar-refractivity contribution < 1.29 is 14.2 Å². The molecule has 25 heavy (non-hydrogen) atoms. The fourth-order valence-electron chi connectivity index (χ4n) is 3.52. The number of aryl methyl sites for hydroxylation is 1. The molecule has 1 aliphatic heterocycles. The number of aromatic nitrogens is 2. The summed E-state index contributed by atoms with van der Waals surface area (Å²) in [6.07, 6.45) is 4.99. The summed E-state index contributed by atoms with van der Waals surface area (Å²) >= 11 is 1.78. The maximum absolute atomic E-state index is 6.13. The molecule has 0 radical (unpaired) electrons. The molecule has 5 nitrogen and oxygen atoms in total. The van der Waals surface area contributed by atoms with Gasteiger partial charge in [-0.1, -0.05) is 6.92 Å². The maximum atomic E-state index is 6.13. The van der Waals surface area contributed by atoms with Crippen LogP contribution in [0.5, 0.6) is 23.1 Å². The first kappa shape index (κ1) is 15.0. The van der Waals surface area contributed by atoms with Gasteiger partial charge in [-0.3, -0.25) is 0 Å². The van der Waals surface area contributed by atoms with E-state index in [1.165, 1.54) is 16.9 Å². The van der Waals surface area contributed by atoms with Crippen LogP contribution in [-0.4, -0.2) is 23.2 Å². The van der Waals surface area contributed by atoms with E-state index in [0.717, 1.165) is 40.5 Å². The molecule has 1 atom stereocenters. The fourth-order valence-corrected chi connectivity index (χ4v) is 4.86. The van der Waals surface area contributed by atoms with Gasteiger partial charge in [-0.15, -0.1) is 11.3 Å². The van der Waals surface area contributed by atoms with Gasteiger partial charge in [0.05, 0.1) is 5.39 Å². The number of thiophene rings is 1. The van der Waals surface area contributed by atoms with Crippen LogP contribution >= 0.6 is 11.3 Å². The number of hydrogen-bond acceptors (Lipinski definition) is 6. The lowest BCUT2D eigenvalue weighted by Crippen LogP contribution is -2.15. The highest BCUT2D eigenvalue weighted by molar-refractivity contribution is 7.18. The van der Waals surface area contributed by atoms with E-state index >= 15 is 0 Å². The highest BCUT2D eigenvalue weighted by Gasteiger charge is 2.24. The largest absolute Gasteiger partial charge is 0.486 e. The highest BCUT2D eigenvalue weighted by Crippen LogP contribution is 2.42. The Kier molecular flexibility index (Phi) is 3.52. The molecule has 1 aliphatic carbocycles. The average molecular weight is 354 g/mol. The van der Waals surface area contributed by atoms with Crippen molar-refractivity contribution in [2.45, 2.75) is 26.2 Å². The van der Waals surface area contributed by atoms with Gasteiger partial charge < -0.3 is 14.2 Å². The second-order valence-electron chi connectivity index (χ2n) is 6.62. The van der Waals surface area contributed by atoms with Gasteiger partial charge in [-0.25, -0.2) is 9.97 Å². The third-order valence-electron chi connectivity index (χ3n) is 4.79. The summed E-state index contributed by atoms with van der Waals surface area (Å²) in [6.45, 7) is 3.45. The minimum atomic E-state index is 0.560. The third-order valence-corrected chi connectivity index (χ3v) is 5.95. The van der Waals surface area contributed by atoms with Crippen molar-refractivity contribution in [1.29, 1.82) is 0 Å². The molecule has 5 rings (SSSR count). The second-order valence-corrected chi connectivity index (χ2v) is 7.70. The van der Waals surface area contributed by atoms with Gasteiger partial charge in [0.15, 0.2) is 11.5 Å². The van der Waals surface area contributed by atoms with Crippen LogP contribution in [0, 0.1) is 5.92 Å². The minimum Gasteiger partial charge on any atom is -0.486 e. The highest BCUT2D eigenvalue weighted by atomic mass is 32.1. The first-order valence-electron chi connectivity index (χ1n) is 8.60. The molecule has 0 bridgehead atoms. The van der Waals surface area contributed by atoms with Crippen molar-refractivity contribution >= 4 is 21.6 Å². The van der Waals surface area contributed by atoms with E-state index in [1.807, 2.05) is 18.2 Å². The molecular weight excluding hydrogens is 336 g/mol. The molecule has 1 aromatic carbocycles. The van der Waals surface area contributed by atoms with Crippen LogP contribution in [0.4, 0.5) is 0 Å². The Bertz CT molecular complexity index is 953. The van der Waals surface area contributed by atoms with Crippen LogP contribution in [0.1, 0.15) is 23.8 Å². The maximum Gasteiger partial charge on any atom is 0.231 e. The number of rotatable bonds is 2. The Hall–Kier alpha value is -2.34. The molecule has 6 heteroatoms. The van der Waals surface area contributed by atoms with E-state index in [2.05, 4.69) is 16.9 Å². The quantitative estimate of drug-likeness (QED) is 0.683. The number of ether oxygens (including phenoxy) is 3. The van der Waals surface area contributed by atoms with E-state index in [-0.39, 0.29) is 0 Å². The molecule has 0 fully saturated rings. The van der Waals surface area contributed by atoms with Gasteiger partial charge in [0.1, 0.15) is 30.1 Å². The summed E-state index contributed by atoms with van der Waals surface area (Å²) in [7, 11) is 0. The van der Waals surface area contributed by atoms with Crippen LogP contribution in [0.15, 0.2) is 24.5 Å². The molecule has 0 saturated carbocycles. The molecule has 128 valence electrons. The van der Waals surface area contributed by atoms with Crippen molar-refractivity contribution in [2.24, 2.45) is 5.92 Å². The molecule has 2 aliphatic rings. The Morgan fingerprint density at radius 3 is 2.96 bits per heavy atom. The molecule has 2 aromatic heterocycles. The minimum absolute atomic E-state index is 0.560. The zero-order valence-corrected chi connectivity index (χ0v) is 14.8.